The highest BCUT2D eigenvalue weighted by Gasteiger charge is 1.99. The predicted molar refractivity (Wildman–Crippen MR) is 45.2 cm³/mol. The highest BCUT2D eigenvalue weighted by Crippen LogP contribution is 2.03. The second kappa shape index (κ2) is 3.80. The smallest absolute Gasteiger partial charge is 0.217 e. The van der Waals surface area contributed by atoms with Crippen molar-refractivity contribution in [3.63, 3.8) is 0 Å². The fourth-order valence-corrected chi connectivity index (χ4v) is 0.747. The summed E-state index contributed by atoms with van der Waals surface area (Å²) in [6.07, 6.45) is 1.40. The van der Waals surface area contributed by atoms with Gasteiger partial charge in [-0.3, -0.25) is 4.99 Å². The van der Waals surface area contributed by atoms with Gasteiger partial charge in [-0.05, 0) is 13.0 Å². The molecular weight excluding hydrogens is 157 g/mol. The summed E-state index contributed by atoms with van der Waals surface area (Å²) in [5.41, 5.74) is 5.76. The number of hydrogen-bond acceptors (Lipinski definition) is 2. The molecule has 0 aliphatic rings. The van der Waals surface area contributed by atoms with E-state index in [9.17, 15) is 4.39 Å². The monoisotopic (exact) mass is 167 g/mol. The molecule has 1 aromatic heterocycles. The predicted octanol–water partition coefficient (Wildman–Crippen LogP) is 1.10. The molecule has 0 unspecified atom stereocenters. The minimum Gasteiger partial charge on any atom is -0.388 e. The van der Waals surface area contributed by atoms with Crippen molar-refractivity contribution in [1.82, 2.24) is 4.98 Å². The Morgan fingerprint density at radius 3 is 3.08 bits per heavy atom. The molecule has 4 heteroatoms. The lowest BCUT2D eigenvalue weighted by atomic mass is 10.3. The summed E-state index contributed by atoms with van der Waals surface area (Å²) < 4.78 is 12.8. The van der Waals surface area contributed by atoms with E-state index in [1.807, 2.05) is 0 Å². The van der Waals surface area contributed by atoms with E-state index in [-0.39, 0.29) is 6.54 Å². The minimum atomic E-state index is -0.484. The number of hydrogen-bond donors (Lipinski definition) is 1. The molecular formula is C8H10FN3. The van der Waals surface area contributed by atoms with Crippen molar-refractivity contribution in [2.45, 2.75) is 13.5 Å². The zero-order valence-electron chi connectivity index (χ0n) is 6.79. The third-order valence-corrected chi connectivity index (χ3v) is 1.34. The standard InChI is InChI=1S/C8H10FN3/c1-6(10)12-5-7-3-2-4-11-8(7)9/h2-4H,5H2,1H3,(H2,10,12). The summed E-state index contributed by atoms with van der Waals surface area (Å²) in [6.45, 7) is 1.91. The zero-order valence-corrected chi connectivity index (χ0v) is 6.79. The van der Waals surface area contributed by atoms with Crippen molar-refractivity contribution in [1.29, 1.82) is 0 Å². The van der Waals surface area contributed by atoms with E-state index in [4.69, 9.17) is 5.73 Å². The van der Waals surface area contributed by atoms with Crippen LogP contribution in [-0.2, 0) is 6.54 Å². The van der Waals surface area contributed by atoms with Gasteiger partial charge < -0.3 is 5.73 Å². The van der Waals surface area contributed by atoms with E-state index < -0.39 is 5.95 Å². The summed E-state index contributed by atoms with van der Waals surface area (Å²) in [7, 11) is 0. The highest BCUT2D eigenvalue weighted by atomic mass is 19.1. The van der Waals surface area contributed by atoms with Crippen LogP contribution in [-0.4, -0.2) is 10.8 Å². The van der Waals surface area contributed by atoms with Crippen LogP contribution in [0.4, 0.5) is 4.39 Å². The van der Waals surface area contributed by atoms with Gasteiger partial charge in [0.2, 0.25) is 5.95 Å². The molecule has 0 saturated carbocycles. The first kappa shape index (κ1) is 8.64. The number of pyridine rings is 1. The van der Waals surface area contributed by atoms with E-state index in [1.54, 1.807) is 19.1 Å². The first-order chi connectivity index (χ1) is 5.70. The molecule has 0 fully saturated rings. The molecule has 1 heterocycles. The molecule has 1 rings (SSSR count). The van der Waals surface area contributed by atoms with Crippen molar-refractivity contribution in [3.05, 3.63) is 29.8 Å². The van der Waals surface area contributed by atoms with E-state index in [1.165, 1.54) is 6.20 Å². The molecule has 0 saturated heterocycles. The van der Waals surface area contributed by atoms with Crippen LogP contribution in [0.5, 0.6) is 0 Å². The molecule has 0 aliphatic carbocycles. The second-order valence-corrected chi connectivity index (χ2v) is 2.41. The summed E-state index contributed by atoms with van der Waals surface area (Å²) in [5, 5.41) is 0. The molecule has 2 N–H and O–H groups in total. The maximum absolute atomic E-state index is 12.8. The molecule has 64 valence electrons. The quantitative estimate of drug-likeness (QED) is 0.407. The average Bonchev–Trinajstić information content (AvgIpc) is 2.03. The van der Waals surface area contributed by atoms with Gasteiger partial charge in [0, 0.05) is 11.8 Å². The molecule has 0 radical (unpaired) electrons. The van der Waals surface area contributed by atoms with Crippen LogP contribution in [0.25, 0.3) is 0 Å². The maximum atomic E-state index is 12.8. The third kappa shape index (κ3) is 2.30. The molecule has 0 spiro atoms. The molecule has 0 aromatic carbocycles. The number of nitrogens with two attached hydrogens (primary N) is 1. The Morgan fingerprint density at radius 2 is 2.50 bits per heavy atom. The van der Waals surface area contributed by atoms with E-state index in [0.29, 0.717) is 11.4 Å². The number of aromatic nitrogens is 1. The average molecular weight is 167 g/mol. The van der Waals surface area contributed by atoms with Gasteiger partial charge in [0.05, 0.1) is 12.4 Å². The molecule has 1 aromatic rings. The Kier molecular flexibility index (Phi) is 2.74. The number of nitrogens with zero attached hydrogens (tertiary/aromatic N) is 2. The Balaban J connectivity index is 2.76. The molecule has 12 heavy (non-hydrogen) atoms. The summed E-state index contributed by atoms with van der Waals surface area (Å²) >= 11 is 0. The van der Waals surface area contributed by atoms with Gasteiger partial charge in [-0.25, -0.2) is 4.98 Å². The molecule has 3 nitrogen and oxygen atoms in total. The topological polar surface area (TPSA) is 51.3 Å². The molecule has 0 atom stereocenters. The van der Waals surface area contributed by atoms with Crippen LogP contribution in [0.15, 0.2) is 23.3 Å². The lowest BCUT2D eigenvalue weighted by Gasteiger charge is -1.97. The van der Waals surface area contributed by atoms with Crippen LogP contribution >= 0.6 is 0 Å². The maximum Gasteiger partial charge on any atom is 0.217 e. The van der Waals surface area contributed by atoms with Crippen LogP contribution in [0.3, 0.4) is 0 Å². The molecule has 0 amide bonds. The van der Waals surface area contributed by atoms with Crippen LogP contribution in [0, 0.1) is 5.95 Å². The van der Waals surface area contributed by atoms with Gasteiger partial charge in [0.25, 0.3) is 0 Å². The van der Waals surface area contributed by atoms with E-state index in [0.717, 1.165) is 0 Å². The molecule has 0 bridgehead atoms. The SMILES string of the molecule is CC(N)=NCc1cccnc1F. The number of halogens is 1. The highest BCUT2D eigenvalue weighted by molar-refractivity contribution is 5.77. The van der Waals surface area contributed by atoms with Crippen molar-refractivity contribution in [2.24, 2.45) is 10.7 Å². The number of rotatable bonds is 2. The Bertz CT molecular complexity index is 292. The fraction of sp³-hybridized carbons (Fsp3) is 0.250. The third-order valence-electron chi connectivity index (χ3n) is 1.34. The Labute approximate surface area is 70.1 Å². The largest absolute Gasteiger partial charge is 0.388 e. The summed E-state index contributed by atoms with van der Waals surface area (Å²) in [5.74, 6) is -0.0410. The number of aliphatic imine (C=N–C) groups is 1. The van der Waals surface area contributed by atoms with E-state index in [2.05, 4.69) is 9.98 Å². The minimum absolute atomic E-state index is 0.252. The normalized spacial score (nSPS) is 11.7. The first-order valence-electron chi connectivity index (χ1n) is 3.56. The van der Waals surface area contributed by atoms with Crippen LogP contribution in [0.2, 0.25) is 0 Å². The Hall–Kier alpha value is -1.45. The van der Waals surface area contributed by atoms with Gasteiger partial charge in [-0.2, -0.15) is 4.39 Å². The van der Waals surface area contributed by atoms with Crippen LogP contribution < -0.4 is 5.73 Å². The van der Waals surface area contributed by atoms with Crippen molar-refractivity contribution in [3.8, 4) is 0 Å². The Morgan fingerprint density at radius 1 is 1.75 bits per heavy atom. The second-order valence-electron chi connectivity index (χ2n) is 2.41. The lowest BCUT2D eigenvalue weighted by molar-refractivity contribution is 0.567. The van der Waals surface area contributed by atoms with Crippen molar-refractivity contribution < 1.29 is 4.39 Å². The van der Waals surface area contributed by atoms with Gasteiger partial charge in [-0.15, -0.1) is 0 Å². The van der Waals surface area contributed by atoms with Crippen molar-refractivity contribution in [2.75, 3.05) is 0 Å². The zero-order chi connectivity index (χ0) is 8.97. The lowest BCUT2D eigenvalue weighted by Crippen LogP contribution is -2.06. The van der Waals surface area contributed by atoms with Gasteiger partial charge >= 0.3 is 0 Å². The van der Waals surface area contributed by atoms with Gasteiger partial charge in [0.15, 0.2) is 0 Å². The number of amidine groups is 1. The first-order valence-corrected chi connectivity index (χ1v) is 3.56. The summed E-state index contributed by atoms with van der Waals surface area (Å²) in [6, 6.07) is 3.30. The fourth-order valence-electron chi connectivity index (χ4n) is 0.747. The van der Waals surface area contributed by atoms with Crippen LogP contribution in [0.1, 0.15) is 12.5 Å². The van der Waals surface area contributed by atoms with Gasteiger partial charge in [0.1, 0.15) is 0 Å². The summed E-state index contributed by atoms with van der Waals surface area (Å²) in [4.78, 5) is 7.35. The van der Waals surface area contributed by atoms with E-state index >= 15 is 0 Å². The van der Waals surface area contributed by atoms with Gasteiger partial charge in [-0.1, -0.05) is 6.07 Å². The molecule has 0 aliphatic heterocycles. The van der Waals surface area contributed by atoms with Crippen molar-refractivity contribution >= 4 is 5.84 Å².